The molecule has 2 heterocycles. The first-order chi connectivity index (χ1) is 12.8. The van der Waals surface area contributed by atoms with Gasteiger partial charge in [-0.15, -0.1) is 0 Å². The standard InChI is InChI=1S/C20H30N2O4S/c1-15(2)8-9-21-10-11-22(18-14-27(23,24)13-17(18)21)12-16-19(25-3)6-5-7-20(16)26-4/h5-8,17-18H,9-14H2,1-4H3/t17-,18+/m0/s1. The second-order valence-electron chi connectivity index (χ2n) is 7.60. The van der Waals surface area contributed by atoms with E-state index in [4.69, 9.17) is 9.47 Å². The fraction of sp³-hybridized carbons (Fsp3) is 0.600. The molecule has 0 aliphatic carbocycles. The number of piperazine rings is 1. The molecule has 0 radical (unpaired) electrons. The molecule has 1 aromatic carbocycles. The van der Waals surface area contributed by atoms with Gasteiger partial charge in [0.2, 0.25) is 0 Å². The van der Waals surface area contributed by atoms with Crippen molar-refractivity contribution >= 4 is 9.84 Å². The van der Waals surface area contributed by atoms with Crippen LogP contribution in [0.2, 0.25) is 0 Å². The lowest BCUT2D eigenvalue weighted by molar-refractivity contribution is 0.0468. The van der Waals surface area contributed by atoms with Gasteiger partial charge < -0.3 is 9.47 Å². The summed E-state index contributed by atoms with van der Waals surface area (Å²) in [6.07, 6.45) is 2.18. The van der Waals surface area contributed by atoms with Gasteiger partial charge in [-0.05, 0) is 26.0 Å². The molecule has 0 aromatic heterocycles. The van der Waals surface area contributed by atoms with Crippen LogP contribution in [0.1, 0.15) is 19.4 Å². The van der Waals surface area contributed by atoms with Crippen LogP contribution in [0.15, 0.2) is 29.8 Å². The fourth-order valence-corrected chi connectivity index (χ4v) is 6.15. The average Bonchev–Trinajstić information content (AvgIpc) is 2.96. The summed E-state index contributed by atoms with van der Waals surface area (Å²) in [7, 11) is 0.279. The molecule has 2 atom stereocenters. The van der Waals surface area contributed by atoms with Gasteiger partial charge in [-0.1, -0.05) is 17.7 Å². The van der Waals surface area contributed by atoms with Crippen molar-refractivity contribution < 1.29 is 17.9 Å². The molecular weight excluding hydrogens is 364 g/mol. The van der Waals surface area contributed by atoms with Crippen molar-refractivity contribution in [2.45, 2.75) is 32.5 Å². The van der Waals surface area contributed by atoms with Crippen LogP contribution in [-0.2, 0) is 16.4 Å². The molecule has 0 unspecified atom stereocenters. The highest BCUT2D eigenvalue weighted by Gasteiger charge is 2.46. The first-order valence-electron chi connectivity index (χ1n) is 9.36. The Labute approximate surface area is 162 Å². The smallest absolute Gasteiger partial charge is 0.153 e. The zero-order chi connectivity index (χ0) is 19.6. The highest BCUT2D eigenvalue weighted by atomic mass is 32.2. The summed E-state index contributed by atoms with van der Waals surface area (Å²) in [5.74, 6) is 2.02. The molecule has 7 heteroatoms. The van der Waals surface area contributed by atoms with E-state index in [0.717, 1.165) is 36.7 Å². The quantitative estimate of drug-likeness (QED) is 0.688. The van der Waals surface area contributed by atoms with E-state index in [1.807, 2.05) is 18.2 Å². The average molecular weight is 395 g/mol. The minimum Gasteiger partial charge on any atom is -0.496 e. The Bertz CT molecular complexity index is 780. The number of benzene rings is 1. The van der Waals surface area contributed by atoms with Crippen molar-refractivity contribution in [1.82, 2.24) is 9.80 Å². The van der Waals surface area contributed by atoms with Gasteiger partial charge >= 0.3 is 0 Å². The number of rotatable bonds is 6. The maximum Gasteiger partial charge on any atom is 0.153 e. The van der Waals surface area contributed by atoms with Crippen LogP contribution in [0.25, 0.3) is 0 Å². The van der Waals surface area contributed by atoms with E-state index >= 15 is 0 Å². The summed E-state index contributed by atoms with van der Waals surface area (Å²) in [6.45, 7) is 7.28. The van der Waals surface area contributed by atoms with Crippen molar-refractivity contribution in [2.75, 3.05) is 45.4 Å². The normalized spacial score (nSPS) is 25.0. The molecule has 0 saturated carbocycles. The summed E-state index contributed by atoms with van der Waals surface area (Å²) < 4.78 is 35.9. The minimum absolute atomic E-state index is 0.00364. The molecule has 1 aromatic rings. The summed E-state index contributed by atoms with van der Waals surface area (Å²) in [4.78, 5) is 4.60. The Morgan fingerprint density at radius 2 is 1.63 bits per heavy atom. The third-order valence-electron chi connectivity index (χ3n) is 5.53. The van der Waals surface area contributed by atoms with Gasteiger partial charge in [0.1, 0.15) is 11.5 Å². The van der Waals surface area contributed by atoms with E-state index in [1.54, 1.807) is 14.2 Å². The predicted octanol–water partition coefficient (Wildman–Crippen LogP) is 1.95. The maximum atomic E-state index is 12.4. The van der Waals surface area contributed by atoms with E-state index in [1.165, 1.54) is 5.57 Å². The van der Waals surface area contributed by atoms with Crippen LogP contribution in [0.3, 0.4) is 0 Å². The zero-order valence-electron chi connectivity index (χ0n) is 16.6. The molecule has 150 valence electrons. The first-order valence-corrected chi connectivity index (χ1v) is 11.2. The zero-order valence-corrected chi connectivity index (χ0v) is 17.5. The van der Waals surface area contributed by atoms with E-state index in [2.05, 4.69) is 29.7 Å². The van der Waals surface area contributed by atoms with Crippen molar-refractivity contribution in [3.63, 3.8) is 0 Å². The second kappa shape index (κ2) is 8.20. The highest BCUT2D eigenvalue weighted by Crippen LogP contribution is 2.33. The largest absolute Gasteiger partial charge is 0.496 e. The lowest BCUT2D eigenvalue weighted by atomic mass is 10.0. The van der Waals surface area contributed by atoms with Crippen LogP contribution >= 0.6 is 0 Å². The molecule has 0 spiro atoms. The number of nitrogens with zero attached hydrogens (tertiary/aromatic N) is 2. The molecule has 2 aliphatic heterocycles. The van der Waals surface area contributed by atoms with E-state index in [9.17, 15) is 8.42 Å². The molecular formula is C20H30N2O4S. The van der Waals surface area contributed by atoms with Crippen LogP contribution in [0.4, 0.5) is 0 Å². The fourth-order valence-electron chi connectivity index (χ4n) is 4.11. The third kappa shape index (κ3) is 4.47. The number of fused-ring (bicyclic) bond motifs is 1. The summed E-state index contributed by atoms with van der Waals surface area (Å²) >= 11 is 0. The van der Waals surface area contributed by atoms with Gasteiger partial charge in [0, 0.05) is 38.3 Å². The van der Waals surface area contributed by atoms with Gasteiger partial charge in [-0.25, -0.2) is 8.42 Å². The molecule has 2 saturated heterocycles. The summed E-state index contributed by atoms with van der Waals surface area (Å²) in [5.41, 5.74) is 2.23. The number of hydrogen-bond acceptors (Lipinski definition) is 6. The third-order valence-corrected chi connectivity index (χ3v) is 7.23. The van der Waals surface area contributed by atoms with Gasteiger partial charge in [0.15, 0.2) is 9.84 Å². The molecule has 27 heavy (non-hydrogen) atoms. The van der Waals surface area contributed by atoms with Crippen LogP contribution < -0.4 is 9.47 Å². The van der Waals surface area contributed by atoms with Crippen molar-refractivity contribution in [3.05, 3.63) is 35.4 Å². The highest BCUT2D eigenvalue weighted by molar-refractivity contribution is 7.91. The van der Waals surface area contributed by atoms with Gasteiger partial charge in [0.05, 0.1) is 31.3 Å². The Morgan fingerprint density at radius 1 is 1.07 bits per heavy atom. The monoisotopic (exact) mass is 394 g/mol. The van der Waals surface area contributed by atoms with E-state index in [-0.39, 0.29) is 23.6 Å². The second-order valence-corrected chi connectivity index (χ2v) is 9.75. The molecule has 0 N–H and O–H groups in total. The molecule has 3 rings (SSSR count). The first kappa shape index (κ1) is 20.2. The topological polar surface area (TPSA) is 59.1 Å². The summed E-state index contributed by atoms with van der Waals surface area (Å²) in [5, 5.41) is 0. The number of sulfone groups is 1. The Hall–Kier alpha value is -1.57. The lowest BCUT2D eigenvalue weighted by Crippen LogP contribution is -2.58. The van der Waals surface area contributed by atoms with Gasteiger partial charge in [0.25, 0.3) is 0 Å². The van der Waals surface area contributed by atoms with Crippen LogP contribution in [0.5, 0.6) is 11.5 Å². The SMILES string of the molecule is COc1cccc(OC)c1CN1CCN(CC=C(C)C)[C@H]2CS(=O)(=O)C[C@H]21. The molecule has 6 nitrogen and oxygen atoms in total. The predicted molar refractivity (Wildman–Crippen MR) is 107 cm³/mol. The Kier molecular flexibility index (Phi) is 6.13. The minimum atomic E-state index is -3.02. The maximum absolute atomic E-state index is 12.4. The van der Waals surface area contributed by atoms with Gasteiger partial charge in [-0.2, -0.15) is 0 Å². The van der Waals surface area contributed by atoms with E-state index < -0.39 is 9.84 Å². The van der Waals surface area contributed by atoms with Crippen molar-refractivity contribution in [1.29, 1.82) is 0 Å². The number of methoxy groups -OCH3 is 2. The van der Waals surface area contributed by atoms with Crippen LogP contribution in [-0.4, -0.2) is 75.7 Å². The Morgan fingerprint density at radius 3 is 2.19 bits per heavy atom. The van der Waals surface area contributed by atoms with Crippen LogP contribution in [0, 0.1) is 0 Å². The number of hydrogen-bond donors (Lipinski definition) is 0. The van der Waals surface area contributed by atoms with Crippen molar-refractivity contribution in [3.8, 4) is 11.5 Å². The lowest BCUT2D eigenvalue weighted by Gasteiger charge is -2.43. The van der Waals surface area contributed by atoms with Gasteiger partial charge in [-0.3, -0.25) is 9.80 Å². The number of allylic oxidation sites excluding steroid dienone is 1. The molecule has 0 bridgehead atoms. The summed E-state index contributed by atoms with van der Waals surface area (Å²) in [6, 6.07) is 5.79. The van der Waals surface area contributed by atoms with Crippen molar-refractivity contribution in [2.24, 2.45) is 0 Å². The Balaban J connectivity index is 1.85. The molecule has 2 fully saturated rings. The molecule has 0 amide bonds. The molecule has 2 aliphatic rings. The van der Waals surface area contributed by atoms with E-state index in [0.29, 0.717) is 6.54 Å². The number of ether oxygens (including phenoxy) is 2.